The third-order valence-electron chi connectivity index (χ3n) is 3.14. The molecule has 1 aromatic carbocycles. The van der Waals surface area contributed by atoms with Crippen molar-refractivity contribution in [3.8, 4) is 0 Å². The van der Waals surface area contributed by atoms with E-state index in [9.17, 15) is 4.39 Å². The minimum atomic E-state index is -0.235. The summed E-state index contributed by atoms with van der Waals surface area (Å²) >= 11 is 5.20. The molecule has 0 saturated carbocycles. The van der Waals surface area contributed by atoms with Crippen LogP contribution in [0.4, 0.5) is 4.39 Å². The van der Waals surface area contributed by atoms with Crippen molar-refractivity contribution in [2.45, 2.75) is 20.0 Å². The molecule has 0 bridgehead atoms. The van der Waals surface area contributed by atoms with Crippen molar-refractivity contribution in [2.75, 3.05) is 0 Å². The van der Waals surface area contributed by atoms with Crippen LogP contribution in [0.5, 0.6) is 0 Å². The molecule has 0 radical (unpaired) electrons. The fourth-order valence-electron chi connectivity index (χ4n) is 1.74. The number of aryl methyl sites for hydroxylation is 1. The van der Waals surface area contributed by atoms with Crippen molar-refractivity contribution in [1.29, 1.82) is 0 Å². The van der Waals surface area contributed by atoms with Crippen LogP contribution < -0.4 is 10.6 Å². The summed E-state index contributed by atoms with van der Waals surface area (Å²) in [7, 11) is 1.91. The molecule has 4 nitrogen and oxygen atoms in total. The quantitative estimate of drug-likeness (QED) is 0.846. The Morgan fingerprint density at radius 3 is 2.50 bits per heavy atom. The Morgan fingerprint density at radius 2 is 1.90 bits per heavy atom. The second-order valence-corrected chi connectivity index (χ2v) is 4.95. The lowest BCUT2D eigenvalue weighted by Crippen LogP contribution is -2.34. The van der Waals surface area contributed by atoms with E-state index in [1.54, 1.807) is 12.1 Å². The summed E-state index contributed by atoms with van der Waals surface area (Å²) in [5.74, 6) is -0.235. The second-order valence-electron chi connectivity index (χ2n) is 4.54. The SMILES string of the molecule is Cc1c(CNC(=S)NCc2ccc(F)cc2)cnn1C. The Kier molecular flexibility index (Phi) is 4.68. The van der Waals surface area contributed by atoms with Gasteiger partial charge in [0.05, 0.1) is 6.20 Å². The number of thiocarbonyl (C=S) groups is 1. The van der Waals surface area contributed by atoms with Gasteiger partial charge in [-0.2, -0.15) is 5.10 Å². The van der Waals surface area contributed by atoms with E-state index >= 15 is 0 Å². The van der Waals surface area contributed by atoms with E-state index in [0.29, 0.717) is 18.2 Å². The molecule has 0 unspecified atom stereocenters. The highest BCUT2D eigenvalue weighted by Crippen LogP contribution is 2.05. The molecule has 0 aliphatic carbocycles. The minimum Gasteiger partial charge on any atom is -0.359 e. The van der Waals surface area contributed by atoms with Crippen LogP contribution >= 0.6 is 12.2 Å². The normalized spacial score (nSPS) is 10.3. The van der Waals surface area contributed by atoms with Gasteiger partial charge in [0.2, 0.25) is 0 Å². The molecular weight excluding hydrogens is 275 g/mol. The fraction of sp³-hybridized carbons (Fsp3) is 0.286. The maximum Gasteiger partial charge on any atom is 0.166 e. The predicted octanol–water partition coefficient (Wildman–Crippen LogP) is 2.03. The molecule has 1 aromatic heterocycles. The molecule has 1 heterocycles. The number of halogens is 1. The molecule has 2 aromatic rings. The number of hydrogen-bond acceptors (Lipinski definition) is 2. The Balaban J connectivity index is 1.78. The first kappa shape index (κ1) is 14.5. The van der Waals surface area contributed by atoms with Crippen LogP contribution in [-0.2, 0) is 20.1 Å². The monoisotopic (exact) mass is 292 g/mol. The summed E-state index contributed by atoms with van der Waals surface area (Å²) < 4.78 is 14.6. The molecule has 2 N–H and O–H groups in total. The van der Waals surface area contributed by atoms with Crippen molar-refractivity contribution in [3.63, 3.8) is 0 Å². The zero-order valence-electron chi connectivity index (χ0n) is 11.5. The lowest BCUT2D eigenvalue weighted by molar-refractivity contribution is 0.626. The van der Waals surface area contributed by atoms with Crippen LogP contribution in [0.1, 0.15) is 16.8 Å². The van der Waals surface area contributed by atoms with Gasteiger partial charge in [-0.25, -0.2) is 4.39 Å². The molecular formula is C14H17FN4S. The molecule has 0 aliphatic heterocycles. The van der Waals surface area contributed by atoms with E-state index in [2.05, 4.69) is 15.7 Å². The van der Waals surface area contributed by atoms with Gasteiger partial charge < -0.3 is 10.6 Å². The molecule has 0 aliphatic rings. The Hall–Kier alpha value is -1.95. The van der Waals surface area contributed by atoms with Crippen LogP contribution in [-0.4, -0.2) is 14.9 Å². The summed E-state index contributed by atoms with van der Waals surface area (Å²) in [5, 5.41) is 11.0. The lowest BCUT2D eigenvalue weighted by atomic mass is 10.2. The molecule has 0 fully saturated rings. The van der Waals surface area contributed by atoms with Gasteiger partial charge in [0.25, 0.3) is 0 Å². The van der Waals surface area contributed by atoms with E-state index < -0.39 is 0 Å². The Labute approximate surface area is 123 Å². The minimum absolute atomic E-state index is 0.235. The van der Waals surface area contributed by atoms with Gasteiger partial charge in [-0.05, 0) is 36.8 Å². The van der Waals surface area contributed by atoms with Crippen LogP contribution in [0.3, 0.4) is 0 Å². The van der Waals surface area contributed by atoms with Crippen LogP contribution in [0.2, 0.25) is 0 Å². The second kappa shape index (κ2) is 6.47. The largest absolute Gasteiger partial charge is 0.359 e. The number of aromatic nitrogens is 2. The molecule has 0 spiro atoms. The summed E-state index contributed by atoms with van der Waals surface area (Å²) in [4.78, 5) is 0. The molecule has 0 amide bonds. The van der Waals surface area contributed by atoms with Gasteiger partial charge in [0, 0.05) is 31.4 Å². The highest BCUT2D eigenvalue weighted by atomic mass is 32.1. The maximum atomic E-state index is 12.8. The van der Waals surface area contributed by atoms with E-state index in [1.165, 1.54) is 12.1 Å². The predicted molar refractivity (Wildman–Crippen MR) is 80.6 cm³/mol. The number of benzene rings is 1. The van der Waals surface area contributed by atoms with Crippen molar-refractivity contribution in [1.82, 2.24) is 20.4 Å². The topological polar surface area (TPSA) is 41.9 Å². The van der Waals surface area contributed by atoms with Crippen molar-refractivity contribution < 1.29 is 4.39 Å². The van der Waals surface area contributed by atoms with Crippen molar-refractivity contribution >= 4 is 17.3 Å². The van der Waals surface area contributed by atoms with Crippen molar-refractivity contribution in [2.24, 2.45) is 7.05 Å². The number of nitrogens with zero attached hydrogens (tertiary/aromatic N) is 2. The number of nitrogens with one attached hydrogen (secondary N) is 2. The molecule has 106 valence electrons. The zero-order chi connectivity index (χ0) is 14.5. The van der Waals surface area contributed by atoms with Gasteiger partial charge in [-0.1, -0.05) is 12.1 Å². The average Bonchev–Trinajstić information content (AvgIpc) is 2.76. The van der Waals surface area contributed by atoms with E-state index in [0.717, 1.165) is 16.8 Å². The summed E-state index contributed by atoms with van der Waals surface area (Å²) in [6.45, 7) is 3.21. The first-order chi connectivity index (χ1) is 9.56. The van der Waals surface area contributed by atoms with Crippen LogP contribution in [0.25, 0.3) is 0 Å². The Morgan fingerprint density at radius 1 is 1.25 bits per heavy atom. The first-order valence-corrected chi connectivity index (χ1v) is 6.70. The highest BCUT2D eigenvalue weighted by molar-refractivity contribution is 7.80. The van der Waals surface area contributed by atoms with Crippen LogP contribution in [0, 0.1) is 12.7 Å². The van der Waals surface area contributed by atoms with Gasteiger partial charge in [-0.15, -0.1) is 0 Å². The molecule has 0 atom stereocenters. The molecule has 6 heteroatoms. The van der Waals surface area contributed by atoms with Gasteiger partial charge in [0.15, 0.2) is 5.11 Å². The standard InChI is InChI=1S/C14H17FN4S/c1-10-12(9-18-19(10)2)8-17-14(20)16-7-11-3-5-13(15)6-4-11/h3-6,9H,7-8H2,1-2H3,(H2,16,17,20). The fourth-order valence-corrected chi connectivity index (χ4v) is 1.88. The zero-order valence-corrected chi connectivity index (χ0v) is 12.3. The molecule has 0 saturated heterocycles. The number of rotatable bonds is 4. The van der Waals surface area contributed by atoms with Crippen LogP contribution in [0.15, 0.2) is 30.5 Å². The van der Waals surface area contributed by atoms with E-state index in [4.69, 9.17) is 12.2 Å². The van der Waals surface area contributed by atoms with Gasteiger partial charge in [-0.3, -0.25) is 4.68 Å². The summed E-state index contributed by atoms with van der Waals surface area (Å²) in [6.07, 6.45) is 1.82. The summed E-state index contributed by atoms with van der Waals surface area (Å²) in [6, 6.07) is 6.34. The Bertz CT molecular complexity index is 592. The van der Waals surface area contributed by atoms with E-state index in [1.807, 2.05) is 24.9 Å². The van der Waals surface area contributed by atoms with Crippen molar-refractivity contribution in [3.05, 3.63) is 53.1 Å². The maximum absolute atomic E-state index is 12.8. The van der Waals surface area contributed by atoms with Gasteiger partial charge in [0.1, 0.15) is 5.82 Å². The average molecular weight is 292 g/mol. The first-order valence-electron chi connectivity index (χ1n) is 6.30. The number of hydrogen-bond donors (Lipinski definition) is 2. The molecule has 20 heavy (non-hydrogen) atoms. The third-order valence-corrected chi connectivity index (χ3v) is 3.43. The smallest absolute Gasteiger partial charge is 0.166 e. The summed E-state index contributed by atoms with van der Waals surface area (Å²) in [5.41, 5.74) is 3.20. The third kappa shape index (κ3) is 3.77. The van der Waals surface area contributed by atoms with E-state index in [-0.39, 0.29) is 5.82 Å². The molecule has 2 rings (SSSR count). The lowest BCUT2D eigenvalue weighted by Gasteiger charge is -2.10. The van der Waals surface area contributed by atoms with Gasteiger partial charge >= 0.3 is 0 Å². The highest BCUT2D eigenvalue weighted by Gasteiger charge is 2.04.